The number of benzene rings is 1. The fourth-order valence-corrected chi connectivity index (χ4v) is 1.83. The van der Waals surface area contributed by atoms with E-state index in [1.165, 1.54) is 6.20 Å². The highest BCUT2D eigenvalue weighted by atomic mass is 79.9. The molecule has 0 spiro atoms. The van der Waals surface area contributed by atoms with E-state index in [4.69, 9.17) is 10.00 Å². The van der Waals surface area contributed by atoms with E-state index in [0.29, 0.717) is 11.4 Å². The van der Waals surface area contributed by atoms with Gasteiger partial charge in [-0.3, -0.25) is 0 Å². The lowest BCUT2D eigenvalue weighted by molar-refractivity contribution is 0.412. The van der Waals surface area contributed by atoms with Gasteiger partial charge in [0.1, 0.15) is 17.6 Å². The van der Waals surface area contributed by atoms with Gasteiger partial charge in [-0.05, 0) is 40.2 Å². The molecule has 0 saturated carbocycles. The fourth-order valence-electron chi connectivity index (χ4n) is 1.42. The van der Waals surface area contributed by atoms with Crippen molar-refractivity contribution in [1.82, 2.24) is 4.98 Å². The van der Waals surface area contributed by atoms with Crippen LogP contribution in [0, 0.1) is 11.3 Å². The van der Waals surface area contributed by atoms with Gasteiger partial charge in [0, 0.05) is 18.0 Å². The third-order valence-corrected chi connectivity index (χ3v) is 2.97. The molecule has 0 atom stereocenters. The Kier molecular flexibility index (Phi) is 3.80. The number of pyridine rings is 1. The van der Waals surface area contributed by atoms with Crippen molar-refractivity contribution in [2.45, 2.75) is 0 Å². The molecular formula is C13H10BrN3O. The van der Waals surface area contributed by atoms with Crippen molar-refractivity contribution in [2.24, 2.45) is 0 Å². The molecule has 0 unspecified atom stereocenters. The first-order chi connectivity index (χ1) is 8.72. The highest BCUT2D eigenvalue weighted by molar-refractivity contribution is 9.10. The van der Waals surface area contributed by atoms with Crippen LogP contribution < -0.4 is 10.1 Å². The van der Waals surface area contributed by atoms with Crippen LogP contribution in [0.2, 0.25) is 0 Å². The summed E-state index contributed by atoms with van der Waals surface area (Å²) >= 11 is 3.39. The maximum absolute atomic E-state index is 8.68. The van der Waals surface area contributed by atoms with Gasteiger partial charge < -0.3 is 10.1 Å². The van der Waals surface area contributed by atoms with Gasteiger partial charge in [-0.15, -0.1) is 0 Å². The van der Waals surface area contributed by atoms with Gasteiger partial charge >= 0.3 is 0 Å². The predicted molar refractivity (Wildman–Crippen MR) is 72.9 cm³/mol. The molecular weight excluding hydrogens is 294 g/mol. The minimum absolute atomic E-state index is 0.536. The number of nitriles is 1. The van der Waals surface area contributed by atoms with Gasteiger partial charge in [0.15, 0.2) is 0 Å². The molecule has 2 aromatic rings. The van der Waals surface area contributed by atoms with E-state index >= 15 is 0 Å². The van der Waals surface area contributed by atoms with Crippen LogP contribution in [-0.2, 0) is 0 Å². The smallest absolute Gasteiger partial charge is 0.135 e. The molecule has 0 fully saturated rings. The van der Waals surface area contributed by atoms with Crippen LogP contribution >= 0.6 is 15.9 Å². The summed E-state index contributed by atoms with van der Waals surface area (Å²) in [6, 6.07) is 11.2. The summed E-state index contributed by atoms with van der Waals surface area (Å²) in [5.41, 5.74) is 1.40. The highest BCUT2D eigenvalue weighted by Gasteiger charge is 2.02. The molecule has 1 aromatic heterocycles. The van der Waals surface area contributed by atoms with Crippen molar-refractivity contribution >= 4 is 27.4 Å². The minimum Gasteiger partial charge on any atom is -0.495 e. The monoisotopic (exact) mass is 303 g/mol. The van der Waals surface area contributed by atoms with Gasteiger partial charge in [-0.25, -0.2) is 4.98 Å². The Morgan fingerprint density at radius 3 is 2.78 bits per heavy atom. The molecule has 0 aliphatic heterocycles. The topological polar surface area (TPSA) is 57.9 Å². The molecule has 4 nitrogen and oxygen atoms in total. The Balaban J connectivity index is 2.20. The molecule has 0 saturated heterocycles. The largest absolute Gasteiger partial charge is 0.495 e. The van der Waals surface area contributed by atoms with E-state index in [1.807, 2.05) is 24.3 Å². The minimum atomic E-state index is 0.536. The lowest BCUT2D eigenvalue weighted by atomic mass is 10.3. The van der Waals surface area contributed by atoms with Gasteiger partial charge in [0.25, 0.3) is 0 Å². The molecule has 90 valence electrons. The zero-order valence-corrected chi connectivity index (χ0v) is 11.2. The summed E-state index contributed by atoms with van der Waals surface area (Å²) in [6.07, 6.45) is 1.53. The first kappa shape index (κ1) is 12.4. The highest BCUT2D eigenvalue weighted by Crippen LogP contribution is 2.28. The van der Waals surface area contributed by atoms with E-state index < -0.39 is 0 Å². The Labute approximate surface area is 113 Å². The summed E-state index contributed by atoms with van der Waals surface area (Å²) in [5, 5.41) is 11.8. The molecule has 2 rings (SSSR count). The van der Waals surface area contributed by atoms with Crippen molar-refractivity contribution in [1.29, 1.82) is 5.26 Å². The van der Waals surface area contributed by atoms with Crippen LogP contribution in [0.3, 0.4) is 0 Å². The Hall–Kier alpha value is -2.06. The summed E-state index contributed by atoms with van der Waals surface area (Å²) in [7, 11) is 1.61. The van der Waals surface area contributed by atoms with Gasteiger partial charge in [-0.1, -0.05) is 0 Å². The third kappa shape index (κ3) is 2.79. The Morgan fingerprint density at radius 1 is 1.33 bits per heavy atom. The zero-order chi connectivity index (χ0) is 13.0. The zero-order valence-electron chi connectivity index (χ0n) is 9.64. The molecule has 1 N–H and O–H groups in total. The van der Waals surface area contributed by atoms with Crippen molar-refractivity contribution < 1.29 is 4.74 Å². The number of halogens is 1. The number of rotatable bonds is 3. The number of hydrogen-bond donors (Lipinski definition) is 1. The van der Waals surface area contributed by atoms with E-state index in [9.17, 15) is 0 Å². The number of anilines is 2. The lowest BCUT2D eigenvalue weighted by Gasteiger charge is -2.08. The number of nitrogens with zero attached hydrogens (tertiary/aromatic N) is 2. The van der Waals surface area contributed by atoms with Gasteiger partial charge in [0.05, 0.1) is 17.1 Å². The maximum Gasteiger partial charge on any atom is 0.135 e. The van der Waals surface area contributed by atoms with E-state index in [0.717, 1.165) is 15.9 Å². The summed E-state index contributed by atoms with van der Waals surface area (Å²) in [4.78, 5) is 4.14. The van der Waals surface area contributed by atoms with E-state index in [-0.39, 0.29) is 0 Å². The van der Waals surface area contributed by atoms with Crippen LogP contribution in [0.25, 0.3) is 0 Å². The Bertz CT molecular complexity index is 590. The van der Waals surface area contributed by atoms with Crippen molar-refractivity contribution in [3.05, 3.63) is 46.6 Å². The molecule has 0 aliphatic rings. The first-order valence-electron chi connectivity index (χ1n) is 5.19. The van der Waals surface area contributed by atoms with Crippen molar-refractivity contribution in [3.63, 3.8) is 0 Å². The van der Waals surface area contributed by atoms with Crippen LogP contribution in [0.5, 0.6) is 5.75 Å². The molecule has 1 aromatic carbocycles. The van der Waals surface area contributed by atoms with Crippen molar-refractivity contribution in [2.75, 3.05) is 12.4 Å². The lowest BCUT2D eigenvalue weighted by Crippen LogP contribution is -1.94. The van der Waals surface area contributed by atoms with Crippen molar-refractivity contribution in [3.8, 4) is 11.8 Å². The number of aromatic nitrogens is 1. The van der Waals surface area contributed by atoms with Crippen LogP contribution in [0.4, 0.5) is 11.5 Å². The third-order valence-electron chi connectivity index (χ3n) is 2.32. The maximum atomic E-state index is 8.68. The molecule has 0 amide bonds. The molecule has 5 heteroatoms. The van der Waals surface area contributed by atoms with E-state index in [2.05, 4.69) is 26.2 Å². The predicted octanol–water partition coefficient (Wildman–Crippen LogP) is 3.47. The Morgan fingerprint density at radius 2 is 2.17 bits per heavy atom. The second kappa shape index (κ2) is 5.52. The van der Waals surface area contributed by atoms with Gasteiger partial charge in [-0.2, -0.15) is 5.26 Å². The number of methoxy groups -OCH3 is 1. The average molecular weight is 304 g/mol. The fraction of sp³-hybridized carbons (Fsp3) is 0.0769. The molecule has 0 aliphatic carbocycles. The molecule has 0 radical (unpaired) electrons. The van der Waals surface area contributed by atoms with Crippen LogP contribution in [-0.4, -0.2) is 12.1 Å². The summed E-state index contributed by atoms with van der Waals surface area (Å²) in [5.74, 6) is 1.42. The standard InChI is InChI=1S/C13H10BrN3O/c1-18-12-6-10(3-4-11(12)14)17-13-5-2-9(7-15)8-16-13/h2-6,8H,1H3,(H,16,17). The normalized spacial score (nSPS) is 9.61. The quantitative estimate of drug-likeness (QED) is 0.943. The van der Waals surface area contributed by atoms with Gasteiger partial charge in [0.2, 0.25) is 0 Å². The van der Waals surface area contributed by atoms with Crippen LogP contribution in [0.15, 0.2) is 41.0 Å². The molecule has 0 bridgehead atoms. The number of nitrogens with one attached hydrogen (secondary N) is 1. The average Bonchev–Trinajstić information content (AvgIpc) is 2.42. The SMILES string of the molecule is COc1cc(Nc2ccc(C#N)cn2)ccc1Br. The summed E-state index contributed by atoms with van der Waals surface area (Å²) < 4.78 is 6.10. The van der Waals surface area contributed by atoms with Crippen LogP contribution in [0.1, 0.15) is 5.56 Å². The van der Waals surface area contributed by atoms with E-state index in [1.54, 1.807) is 19.2 Å². The number of ether oxygens (including phenoxy) is 1. The second-order valence-corrected chi connectivity index (χ2v) is 4.37. The molecule has 18 heavy (non-hydrogen) atoms. The second-order valence-electron chi connectivity index (χ2n) is 3.52. The summed E-state index contributed by atoms with van der Waals surface area (Å²) in [6.45, 7) is 0. The molecule has 1 heterocycles. The number of hydrogen-bond acceptors (Lipinski definition) is 4. The first-order valence-corrected chi connectivity index (χ1v) is 5.99.